The van der Waals surface area contributed by atoms with Crippen molar-refractivity contribution in [3.05, 3.63) is 70.5 Å². The second-order valence-corrected chi connectivity index (χ2v) is 6.09. The number of esters is 1. The Bertz CT molecular complexity index is 805. The van der Waals surface area contributed by atoms with Crippen LogP contribution in [0.2, 0.25) is 5.02 Å². The molecule has 0 bridgehead atoms. The molecule has 0 saturated carbocycles. The predicted molar refractivity (Wildman–Crippen MR) is 94.7 cm³/mol. The highest BCUT2D eigenvalue weighted by atomic mass is 35.5. The van der Waals surface area contributed by atoms with E-state index in [9.17, 15) is 18.8 Å². The third-order valence-electron chi connectivity index (χ3n) is 3.60. The van der Waals surface area contributed by atoms with E-state index in [4.69, 9.17) is 16.3 Å². The first kappa shape index (κ1) is 19.6. The molecule has 0 spiro atoms. The van der Waals surface area contributed by atoms with Crippen molar-refractivity contribution in [1.82, 2.24) is 5.32 Å². The van der Waals surface area contributed by atoms with Crippen LogP contribution in [0, 0.1) is 5.82 Å². The van der Waals surface area contributed by atoms with Gasteiger partial charge in [0.1, 0.15) is 11.9 Å². The molecule has 0 saturated heterocycles. The van der Waals surface area contributed by atoms with Crippen LogP contribution in [0.25, 0.3) is 0 Å². The van der Waals surface area contributed by atoms with Gasteiger partial charge in [-0.3, -0.25) is 9.59 Å². The molecule has 2 aromatic rings. The summed E-state index contributed by atoms with van der Waals surface area (Å²) in [5, 5.41) is 2.98. The molecule has 26 heavy (non-hydrogen) atoms. The molecule has 0 unspecified atom stereocenters. The molecule has 1 amide bonds. The summed E-state index contributed by atoms with van der Waals surface area (Å²) in [4.78, 5) is 36.4. The van der Waals surface area contributed by atoms with E-state index in [-0.39, 0.29) is 5.56 Å². The maximum atomic E-state index is 12.9. The van der Waals surface area contributed by atoms with Crippen LogP contribution in [0.1, 0.15) is 34.6 Å². The number of nitrogens with one attached hydrogen (secondary N) is 1. The molecule has 0 radical (unpaired) electrons. The Morgan fingerprint density at radius 2 is 1.50 bits per heavy atom. The topological polar surface area (TPSA) is 72.5 Å². The van der Waals surface area contributed by atoms with Gasteiger partial charge in [0.25, 0.3) is 5.91 Å². The van der Waals surface area contributed by atoms with Crippen molar-refractivity contribution < 1.29 is 23.5 Å². The fourth-order valence-electron chi connectivity index (χ4n) is 2.12. The van der Waals surface area contributed by atoms with Crippen molar-refractivity contribution in [3.63, 3.8) is 0 Å². The number of benzene rings is 2. The molecule has 0 heterocycles. The van der Waals surface area contributed by atoms with Crippen LogP contribution < -0.4 is 5.32 Å². The number of rotatable bonds is 6. The minimum absolute atomic E-state index is 0.226. The Morgan fingerprint density at radius 1 is 0.962 bits per heavy atom. The predicted octanol–water partition coefficient (Wildman–Crippen LogP) is 3.41. The van der Waals surface area contributed by atoms with Crippen molar-refractivity contribution in [2.24, 2.45) is 0 Å². The number of hydrogen-bond acceptors (Lipinski definition) is 4. The van der Waals surface area contributed by atoms with Crippen molar-refractivity contribution in [2.45, 2.75) is 26.0 Å². The summed E-state index contributed by atoms with van der Waals surface area (Å²) < 4.78 is 18.0. The molecule has 0 aliphatic heterocycles. The quantitative estimate of drug-likeness (QED) is 0.618. The summed E-state index contributed by atoms with van der Waals surface area (Å²) in [6.07, 6.45) is -1.07. The number of halogens is 2. The summed E-state index contributed by atoms with van der Waals surface area (Å²) in [5.41, 5.74) is 0.564. The molecule has 2 aromatic carbocycles. The number of hydrogen-bond donors (Lipinski definition) is 1. The van der Waals surface area contributed by atoms with Crippen LogP contribution >= 0.6 is 11.6 Å². The second kappa shape index (κ2) is 8.58. The van der Waals surface area contributed by atoms with Crippen molar-refractivity contribution >= 4 is 29.3 Å². The standard InChI is InChI=1S/C19H17ClFNO4/c1-11(22-18(24)14-3-7-15(20)8-4-14)19(25)26-12(2)17(23)13-5-9-16(21)10-6-13/h3-12H,1-2H3,(H,22,24)/t11-,12+/m0/s1. The Morgan fingerprint density at radius 3 is 2.08 bits per heavy atom. The lowest BCUT2D eigenvalue weighted by molar-refractivity contribution is -0.148. The minimum atomic E-state index is -1.07. The molecular formula is C19H17ClFNO4. The van der Waals surface area contributed by atoms with E-state index < -0.39 is 35.6 Å². The van der Waals surface area contributed by atoms with Gasteiger partial charge in [0.15, 0.2) is 6.10 Å². The summed E-state index contributed by atoms with van der Waals surface area (Å²) in [7, 11) is 0. The molecular weight excluding hydrogens is 361 g/mol. The Hall–Kier alpha value is -2.73. The third-order valence-corrected chi connectivity index (χ3v) is 3.85. The molecule has 2 rings (SSSR count). The van der Waals surface area contributed by atoms with Crippen LogP contribution in [0.4, 0.5) is 4.39 Å². The molecule has 0 fully saturated rings. The molecule has 7 heteroatoms. The van der Waals surface area contributed by atoms with Crippen molar-refractivity contribution in [1.29, 1.82) is 0 Å². The fraction of sp³-hybridized carbons (Fsp3) is 0.211. The molecule has 1 N–H and O–H groups in total. The number of ether oxygens (including phenoxy) is 1. The van der Waals surface area contributed by atoms with Gasteiger partial charge in [-0.25, -0.2) is 9.18 Å². The number of ketones is 1. The number of carbonyl (C=O) groups excluding carboxylic acids is 3. The normalized spacial score (nSPS) is 12.8. The van der Waals surface area contributed by atoms with Gasteiger partial charge in [-0.2, -0.15) is 0 Å². The fourth-order valence-corrected chi connectivity index (χ4v) is 2.24. The second-order valence-electron chi connectivity index (χ2n) is 5.65. The zero-order valence-corrected chi connectivity index (χ0v) is 14.9. The van der Waals surface area contributed by atoms with E-state index in [1.165, 1.54) is 38.1 Å². The summed E-state index contributed by atoms with van der Waals surface area (Å²) in [6.45, 7) is 2.86. The first-order valence-corrected chi connectivity index (χ1v) is 8.22. The van der Waals surface area contributed by atoms with Gasteiger partial charge in [0.2, 0.25) is 5.78 Å². The smallest absolute Gasteiger partial charge is 0.329 e. The zero-order valence-electron chi connectivity index (χ0n) is 14.2. The maximum Gasteiger partial charge on any atom is 0.329 e. The number of carbonyl (C=O) groups is 3. The van der Waals surface area contributed by atoms with Gasteiger partial charge in [-0.15, -0.1) is 0 Å². The van der Waals surface area contributed by atoms with Crippen LogP contribution in [0.5, 0.6) is 0 Å². The highest BCUT2D eigenvalue weighted by Crippen LogP contribution is 2.11. The van der Waals surface area contributed by atoms with Crippen LogP contribution in [-0.2, 0) is 9.53 Å². The third kappa shape index (κ3) is 5.13. The highest BCUT2D eigenvalue weighted by molar-refractivity contribution is 6.30. The van der Waals surface area contributed by atoms with Gasteiger partial charge in [-0.1, -0.05) is 11.6 Å². The Labute approximate surface area is 155 Å². The van der Waals surface area contributed by atoms with E-state index in [0.29, 0.717) is 10.6 Å². The summed E-state index contributed by atoms with van der Waals surface area (Å²) in [6, 6.07) is 10.1. The van der Waals surface area contributed by atoms with Crippen LogP contribution in [0.15, 0.2) is 48.5 Å². The maximum absolute atomic E-state index is 12.9. The van der Waals surface area contributed by atoms with Gasteiger partial charge in [0.05, 0.1) is 0 Å². The van der Waals surface area contributed by atoms with E-state index in [0.717, 1.165) is 12.1 Å². The first-order chi connectivity index (χ1) is 12.3. The van der Waals surface area contributed by atoms with Gasteiger partial charge in [-0.05, 0) is 62.4 Å². The average molecular weight is 378 g/mol. The Kier molecular flexibility index (Phi) is 6.46. The molecule has 5 nitrogen and oxygen atoms in total. The largest absolute Gasteiger partial charge is 0.453 e. The van der Waals surface area contributed by atoms with Crippen LogP contribution in [0.3, 0.4) is 0 Å². The van der Waals surface area contributed by atoms with E-state index >= 15 is 0 Å². The zero-order chi connectivity index (χ0) is 19.3. The first-order valence-electron chi connectivity index (χ1n) is 7.84. The minimum Gasteiger partial charge on any atom is -0.453 e. The van der Waals surface area contributed by atoms with Gasteiger partial charge in [0, 0.05) is 16.1 Å². The van der Waals surface area contributed by atoms with Gasteiger partial charge >= 0.3 is 5.97 Å². The number of amides is 1. The number of Topliss-reactive ketones (excluding diaryl/α,β-unsaturated/α-hetero) is 1. The monoisotopic (exact) mass is 377 g/mol. The van der Waals surface area contributed by atoms with Crippen molar-refractivity contribution in [3.8, 4) is 0 Å². The van der Waals surface area contributed by atoms with Crippen molar-refractivity contribution in [2.75, 3.05) is 0 Å². The lowest BCUT2D eigenvalue weighted by Crippen LogP contribution is -2.41. The molecule has 0 aliphatic carbocycles. The Balaban J connectivity index is 1.93. The summed E-state index contributed by atoms with van der Waals surface area (Å²) >= 11 is 5.76. The molecule has 0 aromatic heterocycles. The van der Waals surface area contributed by atoms with Crippen LogP contribution in [-0.4, -0.2) is 29.8 Å². The molecule has 136 valence electrons. The molecule has 2 atom stereocenters. The van der Waals surface area contributed by atoms with Gasteiger partial charge < -0.3 is 10.1 Å². The van der Waals surface area contributed by atoms with E-state index in [2.05, 4.69) is 5.32 Å². The molecule has 0 aliphatic rings. The van der Waals surface area contributed by atoms with E-state index in [1.807, 2.05) is 0 Å². The SMILES string of the molecule is C[C@H](NC(=O)c1ccc(Cl)cc1)C(=O)O[C@H](C)C(=O)c1ccc(F)cc1. The highest BCUT2D eigenvalue weighted by Gasteiger charge is 2.24. The summed E-state index contributed by atoms with van der Waals surface area (Å²) in [5.74, 6) is -2.15. The lowest BCUT2D eigenvalue weighted by atomic mass is 10.1. The van der Waals surface area contributed by atoms with E-state index in [1.54, 1.807) is 12.1 Å². The average Bonchev–Trinajstić information content (AvgIpc) is 2.62. The lowest BCUT2D eigenvalue weighted by Gasteiger charge is -2.17.